The maximum absolute atomic E-state index is 12.7. The van der Waals surface area contributed by atoms with Crippen molar-refractivity contribution in [2.24, 2.45) is 0 Å². The zero-order chi connectivity index (χ0) is 15.4. The van der Waals surface area contributed by atoms with Gasteiger partial charge in [-0.1, -0.05) is 25.5 Å². The molecule has 112 valence electrons. The van der Waals surface area contributed by atoms with Gasteiger partial charge in [-0.2, -0.15) is 5.10 Å². The van der Waals surface area contributed by atoms with Crippen LogP contribution in [0.5, 0.6) is 0 Å². The van der Waals surface area contributed by atoms with E-state index in [1.54, 1.807) is 4.90 Å². The van der Waals surface area contributed by atoms with Gasteiger partial charge in [-0.3, -0.25) is 9.89 Å². The van der Waals surface area contributed by atoms with Gasteiger partial charge in [-0.15, -0.1) is 0 Å². The largest absolute Gasteiger partial charge is 0.395 e. The van der Waals surface area contributed by atoms with Gasteiger partial charge < -0.3 is 10.6 Å². The first kappa shape index (κ1) is 15.1. The van der Waals surface area contributed by atoms with Crippen LogP contribution in [0.25, 0.3) is 0 Å². The van der Waals surface area contributed by atoms with Crippen LogP contribution in [0.15, 0.2) is 24.3 Å². The fourth-order valence-corrected chi connectivity index (χ4v) is 2.36. The molecule has 1 aromatic carbocycles. The summed E-state index contributed by atoms with van der Waals surface area (Å²) >= 11 is 0. The Morgan fingerprint density at radius 1 is 1.38 bits per heavy atom. The normalized spacial score (nSPS) is 10.6. The number of carbonyl (C=O) groups excluding carboxylic acids is 1. The van der Waals surface area contributed by atoms with Crippen LogP contribution >= 0.6 is 0 Å². The Labute approximate surface area is 125 Å². The molecule has 0 radical (unpaired) electrons. The maximum atomic E-state index is 12.7. The Morgan fingerprint density at radius 3 is 2.76 bits per heavy atom. The third-order valence-corrected chi connectivity index (χ3v) is 3.46. The molecule has 0 aliphatic heterocycles. The topological polar surface area (TPSA) is 75.0 Å². The highest BCUT2D eigenvalue weighted by Gasteiger charge is 2.23. The summed E-state index contributed by atoms with van der Waals surface area (Å²) in [5.41, 5.74) is 9.63. The molecule has 1 aromatic heterocycles. The monoisotopic (exact) mass is 286 g/mol. The summed E-state index contributed by atoms with van der Waals surface area (Å²) < 4.78 is 0. The number of benzene rings is 1. The Balaban J connectivity index is 2.32. The molecule has 3 N–H and O–H groups in total. The van der Waals surface area contributed by atoms with Crippen LogP contribution in [0.1, 0.15) is 42.0 Å². The van der Waals surface area contributed by atoms with E-state index in [0.717, 1.165) is 29.8 Å². The van der Waals surface area contributed by atoms with Crippen molar-refractivity contribution in [2.75, 3.05) is 17.2 Å². The number of carbonyl (C=O) groups is 1. The van der Waals surface area contributed by atoms with Crippen molar-refractivity contribution in [3.8, 4) is 0 Å². The lowest BCUT2D eigenvalue weighted by Crippen LogP contribution is -2.31. The third kappa shape index (κ3) is 3.07. The van der Waals surface area contributed by atoms with Gasteiger partial charge in [0, 0.05) is 12.2 Å². The molecule has 0 fully saturated rings. The first-order valence-electron chi connectivity index (χ1n) is 7.29. The minimum absolute atomic E-state index is 0.167. The predicted molar refractivity (Wildman–Crippen MR) is 85.5 cm³/mol. The highest BCUT2D eigenvalue weighted by molar-refractivity contribution is 6.08. The second kappa shape index (κ2) is 6.43. The number of hydrogen-bond donors (Lipinski definition) is 2. The fourth-order valence-electron chi connectivity index (χ4n) is 2.36. The quantitative estimate of drug-likeness (QED) is 0.887. The zero-order valence-corrected chi connectivity index (χ0v) is 12.8. The van der Waals surface area contributed by atoms with E-state index in [0.29, 0.717) is 17.9 Å². The Morgan fingerprint density at radius 2 is 2.14 bits per heavy atom. The van der Waals surface area contributed by atoms with Gasteiger partial charge >= 0.3 is 0 Å². The molecule has 5 heteroatoms. The van der Waals surface area contributed by atoms with Crippen LogP contribution < -0.4 is 10.6 Å². The van der Waals surface area contributed by atoms with E-state index in [1.165, 1.54) is 0 Å². The molecule has 1 heterocycles. The van der Waals surface area contributed by atoms with Crippen molar-refractivity contribution in [1.29, 1.82) is 0 Å². The van der Waals surface area contributed by atoms with Crippen molar-refractivity contribution < 1.29 is 4.79 Å². The van der Waals surface area contributed by atoms with Crippen molar-refractivity contribution >= 4 is 17.3 Å². The summed E-state index contributed by atoms with van der Waals surface area (Å²) in [5.74, 6) is -0.167. The molecular weight excluding hydrogens is 264 g/mol. The van der Waals surface area contributed by atoms with Gasteiger partial charge in [-0.05, 0) is 38.0 Å². The van der Waals surface area contributed by atoms with E-state index >= 15 is 0 Å². The van der Waals surface area contributed by atoms with Crippen LogP contribution in [0.3, 0.4) is 0 Å². The predicted octanol–water partition coefficient (Wildman–Crippen LogP) is 2.92. The molecule has 2 rings (SSSR count). The number of H-pyrrole nitrogens is 1. The minimum Gasteiger partial charge on any atom is -0.395 e. The van der Waals surface area contributed by atoms with Gasteiger partial charge in [-0.25, -0.2) is 0 Å². The van der Waals surface area contributed by atoms with Gasteiger partial charge in [0.05, 0.1) is 11.4 Å². The van der Waals surface area contributed by atoms with Gasteiger partial charge in [0.15, 0.2) is 5.69 Å². The highest BCUT2D eigenvalue weighted by Crippen LogP contribution is 2.22. The van der Waals surface area contributed by atoms with Crippen molar-refractivity contribution in [1.82, 2.24) is 10.2 Å². The molecule has 1 amide bonds. The molecule has 0 aliphatic carbocycles. The lowest BCUT2D eigenvalue weighted by atomic mass is 10.1. The molecule has 0 saturated carbocycles. The molecule has 2 aromatic rings. The lowest BCUT2D eigenvalue weighted by molar-refractivity contribution is 0.0984. The number of rotatable bonds is 5. The fraction of sp³-hybridized carbons (Fsp3) is 0.375. The van der Waals surface area contributed by atoms with E-state index in [9.17, 15) is 4.79 Å². The van der Waals surface area contributed by atoms with E-state index in [-0.39, 0.29) is 5.91 Å². The number of amides is 1. The molecule has 0 unspecified atom stereocenters. The van der Waals surface area contributed by atoms with E-state index < -0.39 is 0 Å². The summed E-state index contributed by atoms with van der Waals surface area (Å²) in [4.78, 5) is 14.4. The molecule has 0 spiro atoms. The van der Waals surface area contributed by atoms with Crippen LogP contribution in [0.2, 0.25) is 0 Å². The summed E-state index contributed by atoms with van der Waals surface area (Å²) in [6.45, 7) is 6.57. The maximum Gasteiger partial charge on any atom is 0.280 e. The number of nitrogens with two attached hydrogens (primary N) is 1. The number of aromatic nitrogens is 2. The summed E-state index contributed by atoms with van der Waals surface area (Å²) in [5, 5.41) is 6.99. The average molecular weight is 286 g/mol. The molecule has 0 saturated heterocycles. The Kier molecular flexibility index (Phi) is 4.62. The lowest BCUT2D eigenvalue weighted by Gasteiger charge is -2.20. The van der Waals surface area contributed by atoms with Gasteiger partial charge in [0.25, 0.3) is 5.91 Å². The minimum atomic E-state index is -0.167. The second-order valence-electron chi connectivity index (χ2n) is 5.10. The molecule has 0 aliphatic rings. The van der Waals surface area contributed by atoms with E-state index in [1.807, 2.05) is 38.1 Å². The zero-order valence-electron chi connectivity index (χ0n) is 12.8. The number of nitrogens with one attached hydrogen (secondary N) is 1. The molecule has 0 bridgehead atoms. The first-order valence-corrected chi connectivity index (χ1v) is 7.29. The van der Waals surface area contributed by atoms with Crippen LogP contribution in [-0.4, -0.2) is 22.6 Å². The first-order chi connectivity index (χ1) is 10.1. The highest BCUT2D eigenvalue weighted by atomic mass is 16.2. The van der Waals surface area contributed by atoms with Crippen LogP contribution in [-0.2, 0) is 6.42 Å². The number of aryl methyl sites for hydroxylation is 2. The average Bonchev–Trinajstić information content (AvgIpc) is 2.81. The summed E-state index contributed by atoms with van der Waals surface area (Å²) in [7, 11) is 0. The summed E-state index contributed by atoms with van der Waals surface area (Å²) in [6, 6.07) is 7.85. The molecule has 5 nitrogen and oxygen atoms in total. The molecule has 21 heavy (non-hydrogen) atoms. The van der Waals surface area contributed by atoms with E-state index in [4.69, 9.17) is 5.73 Å². The Bertz CT molecular complexity index is 633. The van der Waals surface area contributed by atoms with Crippen molar-refractivity contribution in [3.63, 3.8) is 0 Å². The summed E-state index contributed by atoms with van der Waals surface area (Å²) in [6.07, 6.45) is 1.75. The third-order valence-electron chi connectivity index (χ3n) is 3.46. The Hall–Kier alpha value is -2.30. The van der Waals surface area contributed by atoms with Gasteiger partial charge in [0.2, 0.25) is 0 Å². The molecular formula is C16H22N4O. The van der Waals surface area contributed by atoms with Crippen LogP contribution in [0, 0.1) is 6.92 Å². The smallest absolute Gasteiger partial charge is 0.280 e. The SMILES string of the molecule is CCCc1[nH]nc(C(=O)N(CC)c2cccc(C)c2)c1N. The number of hydrogen-bond acceptors (Lipinski definition) is 3. The second-order valence-corrected chi connectivity index (χ2v) is 5.10. The number of nitrogen functional groups attached to an aromatic ring is 1. The van der Waals surface area contributed by atoms with E-state index in [2.05, 4.69) is 17.1 Å². The number of anilines is 2. The number of aromatic amines is 1. The van der Waals surface area contributed by atoms with Gasteiger partial charge in [0.1, 0.15) is 0 Å². The molecule has 0 atom stereocenters. The van der Waals surface area contributed by atoms with Crippen molar-refractivity contribution in [2.45, 2.75) is 33.6 Å². The van der Waals surface area contributed by atoms with Crippen molar-refractivity contribution in [3.05, 3.63) is 41.2 Å². The number of nitrogens with zero attached hydrogens (tertiary/aromatic N) is 2. The standard InChI is InChI=1S/C16H22N4O/c1-4-7-13-14(17)15(19-18-13)16(21)20(5-2)12-9-6-8-11(3)10-12/h6,8-10H,4-5,7,17H2,1-3H3,(H,18,19). The van der Waals surface area contributed by atoms with Crippen LogP contribution in [0.4, 0.5) is 11.4 Å².